The Bertz CT molecular complexity index is 916. The lowest BCUT2D eigenvalue weighted by molar-refractivity contribution is -0.119. The van der Waals surface area contributed by atoms with E-state index in [1.807, 2.05) is 37.3 Å². The molecule has 25 heavy (non-hydrogen) atoms. The standard InChI is InChI=1S/C19H20N4O2/c1-13-18-16(25-12-14-6-4-3-5-7-14)10-20-23(18)11-17(21-13)22(2)19(24)15-8-9-15/h3-7,10-11,15H,8-9,12H2,1-2H3. The summed E-state index contributed by atoms with van der Waals surface area (Å²) >= 11 is 0. The Kier molecular flexibility index (Phi) is 3.87. The van der Waals surface area contributed by atoms with Crippen LogP contribution in [0.15, 0.2) is 42.7 Å². The monoisotopic (exact) mass is 336 g/mol. The van der Waals surface area contributed by atoms with Crippen molar-refractivity contribution in [3.63, 3.8) is 0 Å². The second-order valence-electron chi connectivity index (χ2n) is 6.43. The van der Waals surface area contributed by atoms with Gasteiger partial charge < -0.3 is 4.74 Å². The number of carbonyl (C=O) groups excluding carboxylic acids is 1. The molecular weight excluding hydrogens is 316 g/mol. The average Bonchev–Trinajstić information content (AvgIpc) is 3.40. The highest BCUT2D eigenvalue weighted by molar-refractivity contribution is 5.95. The maximum atomic E-state index is 12.2. The first-order chi connectivity index (χ1) is 12.1. The van der Waals surface area contributed by atoms with Crippen molar-refractivity contribution in [1.29, 1.82) is 0 Å². The summed E-state index contributed by atoms with van der Waals surface area (Å²) in [6.07, 6.45) is 5.42. The van der Waals surface area contributed by atoms with Crippen LogP contribution in [0.1, 0.15) is 24.1 Å². The average molecular weight is 336 g/mol. The Morgan fingerprint density at radius 1 is 1.32 bits per heavy atom. The number of amides is 1. The fourth-order valence-corrected chi connectivity index (χ4v) is 2.87. The Labute approximate surface area is 146 Å². The van der Waals surface area contributed by atoms with E-state index in [0.29, 0.717) is 18.2 Å². The number of benzene rings is 1. The van der Waals surface area contributed by atoms with E-state index in [2.05, 4.69) is 10.1 Å². The molecule has 0 N–H and O–H groups in total. The lowest BCUT2D eigenvalue weighted by Crippen LogP contribution is -2.29. The third kappa shape index (κ3) is 3.07. The van der Waals surface area contributed by atoms with Crippen LogP contribution in [-0.2, 0) is 11.4 Å². The highest BCUT2D eigenvalue weighted by Crippen LogP contribution is 2.32. The molecule has 0 bridgehead atoms. The summed E-state index contributed by atoms with van der Waals surface area (Å²) in [5.41, 5.74) is 2.71. The van der Waals surface area contributed by atoms with Crippen molar-refractivity contribution < 1.29 is 9.53 Å². The number of rotatable bonds is 5. The van der Waals surface area contributed by atoms with Crippen LogP contribution < -0.4 is 9.64 Å². The largest absolute Gasteiger partial charge is 0.485 e. The molecule has 0 radical (unpaired) electrons. The lowest BCUT2D eigenvalue weighted by atomic mass is 10.2. The van der Waals surface area contributed by atoms with Gasteiger partial charge in [-0.2, -0.15) is 5.10 Å². The summed E-state index contributed by atoms with van der Waals surface area (Å²) in [5.74, 6) is 1.58. The number of aromatic nitrogens is 3. The zero-order valence-electron chi connectivity index (χ0n) is 14.3. The molecule has 0 spiro atoms. The van der Waals surface area contributed by atoms with Crippen molar-refractivity contribution in [3.05, 3.63) is 54.0 Å². The Balaban J connectivity index is 1.59. The first-order valence-corrected chi connectivity index (χ1v) is 8.43. The van der Waals surface area contributed by atoms with Gasteiger partial charge in [-0.1, -0.05) is 30.3 Å². The van der Waals surface area contributed by atoms with E-state index in [-0.39, 0.29) is 11.8 Å². The second kappa shape index (κ2) is 6.20. The van der Waals surface area contributed by atoms with E-state index in [1.165, 1.54) is 0 Å². The molecule has 128 valence electrons. The van der Waals surface area contributed by atoms with Gasteiger partial charge in [0.1, 0.15) is 12.1 Å². The number of hydrogen-bond acceptors (Lipinski definition) is 4. The first kappa shape index (κ1) is 15.6. The summed E-state index contributed by atoms with van der Waals surface area (Å²) in [4.78, 5) is 18.5. The second-order valence-corrected chi connectivity index (χ2v) is 6.43. The molecule has 1 fully saturated rings. The topological polar surface area (TPSA) is 59.7 Å². The van der Waals surface area contributed by atoms with Crippen LogP contribution in [0.3, 0.4) is 0 Å². The van der Waals surface area contributed by atoms with Crippen molar-refractivity contribution in [2.24, 2.45) is 5.92 Å². The molecule has 1 saturated carbocycles. The minimum Gasteiger partial charge on any atom is -0.485 e. The van der Waals surface area contributed by atoms with Crippen molar-refractivity contribution in [2.75, 3.05) is 11.9 Å². The first-order valence-electron chi connectivity index (χ1n) is 8.43. The number of aryl methyl sites for hydroxylation is 1. The van der Waals surface area contributed by atoms with Gasteiger partial charge in [0.05, 0.1) is 18.1 Å². The van der Waals surface area contributed by atoms with Gasteiger partial charge in [-0.3, -0.25) is 9.69 Å². The van der Waals surface area contributed by atoms with Crippen LogP contribution >= 0.6 is 0 Å². The van der Waals surface area contributed by atoms with Gasteiger partial charge in [0, 0.05) is 13.0 Å². The fourth-order valence-electron chi connectivity index (χ4n) is 2.87. The predicted octanol–water partition coefficient (Wildman–Crippen LogP) is 2.99. The van der Waals surface area contributed by atoms with Crippen molar-refractivity contribution >= 4 is 17.2 Å². The van der Waals surface area contributed by atoms with Crippen molar-refractivity contribution in [3.8, 4) is 5.75 Å². The zero-order chi connectivity index (χ0) is 17.4. The van der Waals surface area contributed by atoms with E-state index in [0.717, 1.165) is 29.6 Å². The molecule has 0 aliphatic heterocycles. The van der Waals surface area contributed by atoms with Crippen LogP contribution in [0.25, 0.3) is 5.52 Å². The summed E-state index contributed by atoms with van der Waals surface area (Å²) in [7, 11) is 1.77. The van der Waals surface area contributed by atoms with Crippen molar-refractivity contribution in [1.82, 2.24) is 14.6 Å². The third-order valence-electron chi connectivity index (χ3n) is 4.46. The number of carbonyl (C=O) groups is 1. The number of fused-ring (bicyclic) bond motifs is 1. The molecule has 1 aliphatic rings. The summed E-state index contributed by atoms with van der Waals surface area (Å²) < 4.78 is 7.65. The zero-order valence-corrected chi connectivity index (χ0v) is 14.3. The summed E-state index contributed by atoms with van der Waals surface area (Å²) in [6, 6.07) is 10.00. The molecule has 4 rings (SSSR count). The smallest absolute Gasteiger partial charge is 0.231 e. The summed E-state index contributed by atoms with van der Waals surface area (Å²) in [6.45, 7) is 2.38. The number of nitrogens with zero attached hydrogens (tertiary/aromatic N) is 4. The summed E-state index contributed by atoms with van der Waals surface area (Å²) in [5, 5.41) is 4.37. The van der Waals surface area contributed by atoms with Crippen LogP contribution in [0.4, 0.5) is 5.82 Å². The van der Waals surface area contributed by atoms with Crippen molar-refractivity contribution in [2.45, 2.75) is 26.4 Å². The van der Waals surface area contributed by atoms with E-state index in [9.17, 15) is 4.79 Å². The molecule has 2 aromatic heterocycles. The Morgan fingerprint density at radius 2 is 2.08 bits per heavy atom. The number of anilines is 1. The highest BCUT2D eigenvalue weighted by Gasteiger charge is 2.33. The van der Waals surface area contributed by atoms with Crippen LogP contribution in [0.2, 0.25) is 0 Å². The SMILES string of the molecule is Cc1nc(N(C)C(=O)C2CC2)cn2ncc(OCc3ccccc3)c12. The maximum absolute atomic E-state index is 12.2. The molecule has 2 heterocycles. The van der Waals surface area contributed by atoms with Gasteiger partial charge in [-0.25, -0.2) is 9.50 Å². The quantitative estimate of drug-likeness (QED) is 0.719. The molecule has 0 saturated heterocycles. The minimum atomic E-state index is 0.124. The van der Waals surface area contributed by atoms with Gasteiger partial charge >= 0.3 is 0 Å². The molecule has 1 aromatic carbocycles. The van der Waals surface area contributed by atoms with Crippen LogP contribution in [-0.4, -0.2) is 27.6 Å². The molecule has 0 unspecified atom stereocenters. The molecule has 6 heteroatoms. The van der Waals surface area contributed by atoms with E-state index >= 15 is 0 Å². The molecule has 3 aromatic rings. The lowest BCUT2D eigenvalue weighted by Gasteiger charge is -2.17. The van der Waals surface area contributed by atoms with E-state index < -0.39 is 0 Å². The van der Waals surface area contributed by atoms with Gasteiger partial charge in [-0.15, -0.1) is 0 Å². The minimum absolute atomic E-state index is 0.124. The van der Waals surface area contributed by atoms with Gasteiger partial charge in [-0.05, 0) is 25.3 Å². The molecule has 1 aliphatic carbocycles. The molecular formula is C19H20N4O2. The molecule has 1 amide bonds. The highest BCUT2D eigenvalue weighted by atomic mass is 16.5. The van der Waals surface area contributed by atoms with Crippen LogP contribution in [0.5, 0.6) is 5.75 Å². The Morgan fingerprint density at radius 3 is 2.80 bits per heavy atom. The third-order valence-corrected chi connectivity index (χ3v) is 4.46. The van der Waals surface area contributed by atoms with Crippen LogP contribution in [0, 0.1) is 12.8 Å². The Hall–Kier alpha value is -2.89. The van der Waals surface area contributed by atoms with Gasteiger partial charge in [0.25, 0.3) is 0 Å². The van der Waals surface area contributed by atoms with E-state index in [1.54, 1.807) is 28.9 Å². The van der Waals surface area contributed by atoms with E-state index in [4.69, 9.17) is 4.74 Å². The number of hydrogen-bond donors (Lipinski definition) is 0. The normalized spacial score (nSPS) is 13.8. The fraction of sp³-hybridized carbons (Fsp3) is 0.316. The van der Waals surface area contributed by atoms with Gasteiger partial charge in [0.15, 0.2) is 11.6 Å². The maximum Gasteiger partial charge on any atom is 0.231 e. The number of ether oxygens (including phenoxy) is 1. The predicted molar refractivity (Wildman–Crippen MR) is 94.6 cm³/mol. The molecule has 6 nitrogen and oxygen atoms in total. The molecule has 0 atom stereocenters. The van der Waals surface area contributed by atoms with Gasteiger partial charge in [0.2, 0.25) is 5.91 Å².